The molecule has 0 amide bonds. The van der Waals surface area contributed by atoms with Gasteiger partial charge < -0.3 is 0 Å². The third kappa shape index (κ3) is 2.44. The van der Waals surface area contributed by atoms with Crippen molar-refractivity contribution >= 4 is 37.9 Å². The van der Waals surface area contributed by atoms with E-state index in [9.17, 15) is 0 Å². The summed E-state index contributed by atoms with van der Waals surface area (Å²) in [7, 11) is 1.79. The van der Waals surface area contributed by atoms with Crippen LogP contribution in [0.1, 0.15) is 5.56 Å². The molecular formula is C8H8BrNSe. The maximum absolute atomic E-state index is 3.98. The third-order valence-corrected chi connectivity index (χ3v) is 4.21. The Bertz CT molecular complexity index is 260. The zero-order valence-corrected chi connectivity index (χ0v) is 9.42. The molecule has 0 unspecified atom stereocenters. The van der Waals surface area contributed by atoms with Crippen molar-refractivity contribution in [3.05, 3.63) is 29.8 Å². The average Bonchev–Trinajstić information content (AvgIpc) is 2.06. The Hall–Kier alpha value is -0.111. The quantitative estimate of drug-likeness (QED) is 0.572. The van der Waals surface area contributed by atoms with Gasteiger partial charge in [0.25, 0.3) is 0 Å². The Morgan fingerprint density at radius 3 is 2.82 bits per heavy atom. The van der Waals surface area contributed by atoms with Gasteiger partial charge in [-0.1, -0.05) is 0 Å². The van der Waals surface area contributed by atoms with Crippen LogP contribution in [-0.2, 0) is 0 Å². The Morgan fingerprint density at radius 1 is 1.45 bits per heavy atom. The first-order chi connectivity index (χ1) is 5.38. The van der Waals surface area contributed by atoms with E-state index < -0.39 is 0 Å². The van der Waals surface area contributed by atoms with E-state index in [0.29, 0.717) is 13.1 Å². The van der Waals surface area contributed by atoms with E-state index in [0.717, 1.165) is 0 Å². The molecule has 0 bridgehead atoms. The molecule has 1 nitrogen and oxygen atoms in total. The first-order valence-corrected chi connectivity index (χ1v) is 8.05. The fourth-order valence-electron chi connectivity index (χ4n) is 0.797. The fourth-order valence-corrected chi connectivity index (χ4v) is 3.04. The second-order valence-corrected chi connectivity index (χ2v) is 4.93. The summed E-state index contributed by atoms with van der Waals surface area (Å²) < 4.78 is 1.34. The van der Waals surface area contributed by atoms with Gasteiger partial charge in [0.2, 0.25) is 0 Å². The van der Waals surface area contributed by atoms with Gasteiger partial charge in [-0.25, -0.2) is 0 Å². The summed E-state index contributed by atoms with van der Waals surface area (Å²) in [6.07, 6.45) is 1.89. The van der Waals surface area contributed by atoms with Crippen molar-refractivity contribution in [2.75, 3.05) is 7.05 Å². The predicted molar refractivity (Wildman–Crippen MR) is 54.3 cm³/mol. The first kappa shape index (κ1) is 8.98. The summed E-state index contributed by atoms with van der Waals surface area (Å²) in [5, 5.41) is 0. The van der Waals surface area contributed by atoms with Crippen LogP contribution in [0.2, 0.25) is 0 Å². The molecule has 0 fully saturated rings. The Labute approximate surface area is 79.8 Å². The van der Waals surface area contributed by atoms with E-state index in [1.54, 1.807) is 7.05 Å². The number of hydrogen-bond donors (Lipinski definition) is 0. The number of halogens is 1. The molecule has 0 radical (unpaired) electrons. The monoisotopic (exact) mass is 277 g/mol. The second-order valence-electron chi connectivity index (χ2n) is 2.00. The molecule has 0 aliphatic heterocycles. The second kappa shape index (κ2) is 4.70. The van der Waals surface area contributed by atoms with Gasteiger partial charge in [-0.15, -0.1) is 0 Å². The number of nitrogens with zero attached hydrogens (tertiary/aromatic N) is 1. The van der Waals surface area contributed by atoms with Crippen LogP contribution in [0.5, 0.6) is 0 Å². The Balaban J connectivity index is 3.02. The standard InChI is InChI=1S/C8H8BrNSe/c1-10-6-7-4-2-3-5-8(7)11-9/h2-6H,1H3. The van der Waals surface area contributed by atoms with Gasteiger partial charge in [-0.3, -0.25) is 0 Å². The van der Waals surface area contributed by atoms with Crippen molar-refractivity contribution in [1.29, 1.82) is 0 Å². The summed E-state index contributed by atoms with van der Waals surface area (Å²) in [4.78, 5) is 3.98. The van der Waals surface area contributed by atoms with Crippen LogP contribution in [0, 0.1) is 0 Å². The van der Waals surface area contributed by atoms with E-state index in [2.05, 4.69) is 31.2 Å². The molecule has 1 aromatic carbocycles. The van der Waals surface area contributed by atoms with Crippen LogP contribution >= 0.6 is 14.1 Å². The van der Waals surface area contributed by atoms with Gasteiger partial charge in [-0.05, 0) is 0 Å². The van der Waals surface area contributed by atoms with Gasteiger partial charge in [-0.2, -0.15) is 0 Å². The molecule has 0 saturated heterocycles. The van der Waals surface area contributed by atoms with Crippen LogP contribution in [0.15, 0.2) is 29.3 Å². The van der Waals surface area contributed by atoms with Gasteiger partial charge >= 0.3 is 79.8 Å². The minimum absolute atomic E-state index is 0.380. The zero-order valence-electron chi connectivity index (χ0n) is 6.12. The minimum atomic E-state index is 0.380. The zero-order chi connectivity index (χ0) is 8.10. The van der Waals surface area contributed by atoms with E-state index in [1.807, 2.05) is 18.3 Å². The van der Waals surface area contributed by atoms with Crippen LogP contribution in [-0.4, -0.2) is 26.4 Å². The van der Waals surface area contributed by atoms with Gasteiger partial charge in [0.05, 0.1) is 0 Å². The van der Waals surface area contributed by atoms with Crippen LogP contribution < -0.4 is 4.46 Å². The average molecular weight is 277 g/mol. The van der Waals surface area contributed by atoms with Crippen molar-refractivity contribution in [3.63, 3.8) is 0 Å². The summed E-state index contributed by atoms with van der Waals surface area (Å²) in [6.45, 7) is 0. The Morgan fingerprint density at radius 2 is 2.18 bits per heavy atom. The van der Waals surface area contributed by atoms with Crippen LogP contribution in [0.25, 0.3) is 0 Å². The van der Waals surface area contributed by atoms with E-state index in [4.69, 9.17) is 0 Å². The van der Waals surface area contributed by atoms with E-state index in [-0.39, 0.29) is 0 Å². The van der Waals surface area contributed by atoms with Crippen molar-refractivity contribution in [3.8, 4) is 0 Å². The molecule has 58 valence electrons. The normalized spacial score (nSPS) is 10.7. The van der Waals surface area contributed by atoms with Crippen molar-refractivity contribution in [2.45, 2.75) is 0 Å². The summed E-state index contributed by atoms with van der Waals surface area (Å²) in [6, 6.07) is 8.27. The number of rotatable bonds is 2. The van der Waals surface area contributed by atoms with Crippen molar-refractivity contribution in [1.82, 2.24) is 0 Å². The molecule has 1 aromatic rings. The summed E-state index contributed by atoms with van der Waals surface area (Å²) in [5.74, 6) is 0. The third-order valence-electron chi connectivity index (χ3n) is 1.27. The Kier molecular flexibility index (Phi) is 3.84. The van der Waals surface area contributed by atoms with Crippen LogP contribution in [0.4, 0.5) is 0 Å². The molecular weight excluding hydrogens is 269 g/mol. The molecule has 11 heavy (non-hydrogen) atoms. The number of hydrogen-bond acceptors (Lipinski definition) is 1. The van der Waals surface area contributed by atoms with Gasteiger partial charge in [0.15, 0.2) is 0 Å². The van der Waals surface area contributed by atoms with Crippen molar-refractivity contribution < 1.29 is 0 Å². The van der Waals surface area contributed by atoms with Gasteiger partial charge in [0, 0.05) is 0 Å². The molecule has 1 rings (SSSR count). The summed E-state index contributed by atoms with van der Waals surface area (Å²) in [5.41, 5.74) is 1.21. The van der Waals surface area contributed by atoms with Crippen LogP contribution in [0.3, 0.4) is 0 Å². The topological polar surface area (TPSA) is 12.4 Å². The maximum atomic E-state index is 3.98. The molecule has 0 aromatic heterocycles. The van der Waals surface area contributed by atoms with E-state index in [1.165, 1.54) is 10.0 Å². The van der Waals surface area contributed by atoms with E-state index >= 15 is 0 Å². The number of aliphatic imine (C=N–C) groups is 1. The van der Waals surface area contributed by atoms with Gasteiger partial charge in [0.1, 0.15) is 0 Å². The predicted octanol–water partition coefficient (Wildman–Crippen LogP) is 1.37. The molecule has 0 spiro atoms. The molecule has 0 saturated carbocycles. The number of benzene rings is 1. The molecule has 0 atom stereocenters. The first-order valence-electron chi connectivity index (χ1n) is 3.18. The fraction of sp³-hybridized carbons (Fsp3) is 0.125. The molecule has 0 heterocycles. The van der Waals surface area contributed by atoms with Crippen molar-refractivity contribution in [2.24, 2.45) is 4.99 Å². The summed E-state index contributed by atoms with van der Waals surface area (Å²) >= 11 is 3.86. The molecule has 0 aliphatic rings. The molecule has 0 N–H and O–H groups in total. The SMILES string of the molecule is CN=Cc1ccccc1[Se]Br. The molecule has 3 heteroatoms. The molecule has 0 aliphatic carbocycles.